The van der Waals surface area contributed by atoms with Crippen LogP contribution in [0.25, 0.3) is 0 Å². The minimum atomic E-state index is 0.393. The van der Waals surface area contributed by atoms with Crippen molar-refractivity contribution in [2.75, 3.05) is 19.8 Å². The van der Waals surface area contributed by atoms with Crippen LogP contribution in [0.2, 0.25) is 0 Å². The van der Waals surface area contributed by atoms with Crippen LogP contribution in [0.15, 0.2) is 36.9 Å². The van der Waals surface area contributed by atoms with Gasteiger partial charge in [-0.25, -0.2) is 0 Å². The molecular weight excluding hydrogens is 238 g/mol. The molecule has 1 saturated heterocycles. The van der Waals surface area contributed by atoms with Crippen molar-refractivity contribution in [1.29, 1.82) is 0 Å². The number of hydrogen-bond acceptors (Lipinski definition) is 3. The molecule has 0 bridgehead atoms. The molecule has 1 aliphatic heterocycles. The summed E-state index contributed by atoms with van der Waals surface area (Å²) < 4.78 is 11.1. The van der Waals surface area contributed by atoms with Crippen molar-refractivity contribution in [3.63, 3.8) is 0 Å². The summed E-state index contributed by atoms with van der Waals surface area (Å²) in [6, 6.07) is 8.18. The Morgan fingerprint density at radius 3 is 2.84 bits per heavy atom. The van der Waals surface area contributed by atoms with Crippen LogP contribution in [0.1, 0.15) is 24.8 Å². The van der Waals surface area contributed by atoms with Gasteiger partial charge in [-0.15, -0.1) is 0 Å². The molecule has 0 spiro atoms. The molecule has 104 valence electrons. The van der Waals surface area contributed by atoms with E-state index < -0.39 is 0 Å². The smallest absolute Gasteiger partial charge is 0.119 e. The zero-order valence-corrected chi connectivity index (χ0v) is 11.4. The van der Waals surface area contributed by atoms with Gasteiger partial charge in [0.2, 0.25) is 0 Å². The average Bonchev–Trinajstić information content (AvgIpc) is 2.47. The van der Waals surface area contributed by atoms with E-state index in [9.17, 15) is 0 Å². The van der Waals surface area contributed by atoms with E-state index in [1.54, 1.807) is 6.08 Å². The minimum Gasteiger partial charge on any atom is -0.490 e. The van der Waals surface area contributed by atoms with Gasteiger partial charge in [-0.05, 0) is 37.0 Å². The van der Waals surface area contributed by atoms with E-state index in [2.05, 4.69) is 24.0 Å². The molecule has 0 radical (unpaired) electrons. The van der Waals surface area contributed by atoms with Crippen LogP contribution < -0.4 is 10.1 Å². The molecule has 0 saturated carbocycles. The molecule has 1 aromatic rings. The first kappa shape index (κ1) is 14.1. The fourth-order valence-corrected chi connectivity index (χ4v) is 2.20. The molecule has 1 aliphatic rings. The second kappa shape index (κ2) is 7.97. The van der Waals surface area contributed by atoms with E-state index in [0.717, 1.165) is 25.4 Å². The number of nitrogens with one attached hydrogen (secondary N) is 1. The summed E-state index contributed by atoms with van der Waals surface area (Å²) in [5, 5.41) is 3.45. The van der Waals surface area contributed by atoms with Crippen molar-refractivity contribution in [1.82, 2.24) is 5.32 Å². The molecule has 0 aliphatic carbocycles. The lowest BCUT2D eigenvalue weighted by Crippen LogP contribution is -2.31. The highest BCUT2D eigenvalue weighted by molar-refractivity contribution is 5.27. The maximum Gasteiger partial charge on any atom is 0.119 e. The Morgan fingerprint density at radius 2 is 2.16 bits per heavy atom. The van der Waals surface area contributed by atoms with Crippen molar-refractivity contribution >= 4 is 0 Å². The highest BCUT2D eigenvalue weighted by Crippen LogP contribution is 2.13. The molecule has 3 nitrogen and oxygen atoms in total. The molecule has 1 aromatic carbocycles. The lowest BCUT2D eigenvalue weighted by molar-refractivity contribution is 0.0168. The minimum absolute atomic E-state index is 0.393. The van der Waals surface area contributed by atoms with Gasteiger partial charge in [0.25, 0.3) is 0 Å². The standard InChI is InChI=1S/C16H23NO2/c1-2-10-18-15-8-6-14(7-9-15)12-17-13-16-5-3-4-11-19-16/h2,6-9,16-17H,1,3-5,10-13H2. The van der Waals surface area contributed by atoms with Crippen LogP contribution in [0, 0.1) is 0 Å². The van der Waals surface area contributed by atoms with Crippen LogP contribution in [0.4, 0.5) is 0 Å². The van der Waals surface area contributed by atoms with Crippen molar-refractivity contribution in [2.45, 2.75) is 31.9 Å². The van der Waals surface area contributed by atoms with Gasteiger partial charge in [-0.2, -0.15) is 0 Å². The molecule has 0 amide bonds. The van der Waals surface area contributed by atoms with Gasteiger partial charge < -0.3 is 14.8 Å². The zero-order valence-electron chi connectivity index (χ0n) is 11.4. The van der Waals surface area contributed by atoms with Crippen LogP contribution in [-0.4, -0.2) is 25.9 Å². The lowest BCUT2D eigenvalue weighted by atomic mass is 10.1. The van der Waals surface area contributed by atoms with Crippen molar-refractivity contribution in [3.05, 3.63) is 42.5 Å². The third kappa shape index (κ3) is 5.05. The van der Waals surface area contributed by atoms with E-state index in [4.69, 9.17) is 9.47 Å². The highest BCUT2D eigenvalue weighted by Gasteiger charge is 2.12. The van der Waals surface area contributed by atoms with E-state index in [1.165, 1.54) is 24.8 Å². The molecule has 2 rings (SSSR count). The Bertz CT molecular complexity index is 369. The Balaban J connectivity index is 1.68. The molecule has 1 unspecified atom stereocenters. The third-order valence-corrected chi connectivity index (χ3v) is 3.27. The molecule has 19 heavy (non-hydrogen) atoms. The van der Waals surface area contributed by atoms with Gasteiger partial charge in [0.05, 0.1) is 6.10 Å². The monoisotopic (exact) mass is 261 g/mol. The number of ether oxygens (including phenoxy) is 2. The third-order valence-electron chi connectivity index (χ3n) is 3.27. The molecule has 1 heterocycles. The van der Waals surface area contributed by atoms with E-state index in [0.29, 0.717) is 12.7 Å². The molecular formula is C16H23NO2. The maximum atomic E-state index is 5.69. The predicted octanol–water partition coefficient (Wildman–Crippen LogP) is 2.91. The Morgan fingerprint density at radius 1 is 1.32 bits per heavy atom. The molecule has 0 aromatic heterocycles. The molecule has 1 atom stereocenters. The van der Waals surface area contributed by atoms with Gasteiger partial charge >= 0.3 is 0 Å². The Labute approximate surface area is 115 Å². The molecule has 1 N–H and O–H groups in total. The first-order valence-corrected chi connectivity index (χ1v) is 7.03. The average molecular weight is 261 g/mol. The quantitative estimate of drug-likeness (QED) is 0.766. The molecule has 3 heteroatoms. The Kier molecular flexibility index (Phi) is 5.92. The lowest BCUT2D eigenvalue weighted by Gasteiger charge is -2.22. The van der Waals surface area contributed by atoms with Crippen LogP contribution in [-0.2, 0) is 11.3 Å². The van der Waals surface area contributed by atoms with Crippen molar-refractivity contribution < 1.29 is 9.47 Å². The van der Waals surface area contributed by atoms with Crippen LogP contribution >= 0.6 is 0 Å². The summed E-state index contributed by atoms with van der Waals surface area (Å²) in [7, 11) is 0. The fourth-order valence-electron chi connectivity index (χ4n) is 2.20. The van der Waals surface area contributed by atoms with Crippen molar-refractivity contribution in [3.8, 4) is 5.75 Å². The largest absolute Gasteiger partial charge is 0.490 e. The summed E-state index contributed by atoms with van der Waals surface area (Å²) in [6.07, 6.45) is 5.83. The van der Waals surface area contributed by atoms with Gasteiger partial charge in [0.1, 0.15) is 12.4 Å². The van der Waals surface area contributed by atoms with Crippen LogP contribution in [0.5, 0.6) is 5.75 Å². The van der Waals surface area contributed by atoms with E-state index in [-0.39, 0.29) is 0 Å². The van der Waals surface area contributed by atoms with Gasteiger partial charge in [0.15, 0.2) is 0 Å². The number of rotatable bonds is 7. The number of hydrogen-bond donors (Lipinski definition) is 1. The van der Waals surface area contributed by atoms with Gasteiger partial charge in [-0.3, -0.25) is 0 Å². The Hall–Kier alpha value is -1.32. The maximum absolute atomic E-state index is 5.69. The summed E-state index contributed by atoms with van der Waals surface area (Å²) in [4.78, 5) is 0. The summed E-state index contributed by atoms with van der Waals surface area (Å²) in [6.45, 7) is 6.92. The predicted molar refractivity (Wildman–Crippen MR) is 77.4 cm³/mol. The van der Waals surface area contributed by atoms with Gasteiger partial charge in [-0.1, -0.05) is 24.8 Å². The second-order valence-electron chi connectivity index (χ2n) is 4.86. The van der Waals surface area contributed by atoms with Gasteiger partial charge in [0, 0.05) is 19.7 Å². The zero-order chi connectivity index (χ0) is 13.3. The molecule has 1 fully saturated rings. The van der Waals surface area contributed by atoms with E-state index >= 15 is 0 Å². The van der Waals surface area contributed by atoms with E-state index in [1.807, 2.05) is 12.1 Å². The summed E-state index contributed by atoms with van der Waals surface area (Å²) in [5.74, 6) is 0.888. The van der Waals surface area contributed by atoms with Crippen LogP contribution in [0.3, 0.4) is 0 Å². The number of benzene rings is 1. The summed E-state index contributed by atoms with van der Waals surface area (Å²) >= 11 is 0. The fraction of sp³-hybridized carbons (Fsp3) is 0.500. The normalized spacial score (nSPS) is 19.1. The first-order chi connectivity index (χ1) is 9.38. The summed E-state index contributed by atoms with van der Waals surface area (Å²) in [5.41, 5.74) is 1.27. The topological polar surface area (TPSA) is 30.5 Å². The SMILES string of the molecule is C=CCOc1ccc(CNCC2CCCCO2)cc1. The van der Waals surface area contributed by atoms with Crippen molar-refractivity contribution in [2.24, 2.45) is 0 Å². The first-order valence-electron chi connectivity index (χ1n) is 7.03. The highest BCUT2D eigenvalue weighted by atomic mass is 16.5. The second-order valence-corrected chi connectivity index (χ2v) is 4.86.